The molecule has 174 valence electrons. The highest BCUT2D eigenvalue weighted by molar-refractivity contribution is 5.95. The normalized spacial score (nSPS) is 26.6. The molecule has 2 aromatic heterocycles. The van der Waals surface area contributed by atoms with E-state index in [2.05, 4.69) is 10.3 Å². The van der Waals surface area contributed by atoms with E-state index in [1.807, 2.05) is 6.07 Å². The summed E-state index contributed by atoms with van der Waals surface area (Å²) in [6.45, 7) is 0.639. The van der Waals surface area contributed by atoms with Crippen LogP contribution >= 0.6 is 0 Å². The van der Waals surface area contributed by atoms with Crippen molar-refractivity contribution >= 4 is 11.8 Å². The van der Waals surface area contributed by atoms with Crippen LogP contribution in [0.3, 0.4) is 0 Å². The summed E-state index contributed by atoms with van der Waals surface area (Å²) in [5.41, 5.74) is 0.917. The maximum atomic E-state index is 13.6. The molecule has 2 fully saturated rings. The number of nitrogens with zero attached hydrogens (tertiary/aromatic N) is 3. The van der Waals surface area contributed by atoms with Gasteiger partial charge in [-0.3, -0.25) is 19.4 Å². The van der Waals surface area contributed by atoms with E-state index in [1.54, 1.807) is 33.9 Å². The number of amides is 2. The molecule has 4 atom stereocenters. The molecule has 0 unspecified atom stereocenters. The Hall–Kier alpha value is -3.00. The Bertz CT molecular complexity index is 1080. The monoisotopic (exact) mass is 450 g/mol. The zero-order valence-corrected chi connectivity index (χ0v) is 18.6. The first-order valence-electron chi connectivity index (χ1n) is 11.9. The minimum atomic E-state index is -0.625. The second-order valence-corrected chi connectivity index (χ2v) is 9.49. The van der Waals surface area contributed by atoms with Crippen molar-refractivity contribution in [3.8, 4) is 0 Å². The van der Waals surface area contributed by atoms with Crippen LogP contribution in [0.25, 0.3) is 0 Å². The third kappa shape index (κ3) is 3.86. The second-order valence-electron chi connectivity index (χ2n) is 9.49. The zero-order valence-electron chi connectivity index (χ0n) is 18.6. The lowest BCUT2D eigenvalue weighted by Gasteiger charge is -2.38. The van der Waals surface area contributed by atoms with E-state index in [1.165, 1.54) is 31.5 Å². The number of aliphatic hydroxyl groups excluding tert-OH is 1. The van der Waals surface area contributed by atoms with E-state index < -0.39 is 23.9 Å². The van der Waals surface area contributed by atoms with Gasteiger partial charge in [0.25, 0.3) is 11.5 Å². The van der Waals surface area contributed by atoms with Gasteiger partial charge in [-0.1, -0.05) is 25.3 Å². The summed E-state index contributed by atoms with van der Waals surface area (Å²) < 4.78 is 1.65. The van der Waals surface area contributed by atoms with Gasteiger partial charge < -0.3 is 19.9 Å². The molecule has 5 rings (SSSR count). The number of aromatic nitrogens is 2. The molecule has 3 aliphatic rings. The first-order valence-corrected chi connectivity index (χ1v) is 11.9. The lowest BCUT2D eigenvalue weighted by atomic mass is 9.85. The predicted octanol–water partition coefficient (Wildman–Crippen LogP) is 1.74. The van der Waals surface area contributed by atoms with Crippen molar-refractivity contribution in [2.45, 2.75) is 50.7 Å². The van der Waals surface area contributed by atoms with Crippen molar-refractivity contribution in [1.29, 1.82) is 0 Å². The lowest BCUT2D eigenvalue weighted by Crippen LogP contribution is -2.49. The molecule has 2 aliphatic heterocycles. The first kappa shape index (κ1) is 21.8. The zero-order chi connectivity index (χ0) is 22.9. The highest BCUT2D eigenvalue weighted by Crippen LogP contribution is 2.48. The number of hydrogen-bond acceptors (Lipinski definition) is 5. The van der Waals surface area contributed by atoms with Gasteiger partial charge in [0.15, 0.2) is 0 Å². The number of hydrogen-bond donors (Lipinski definition) is 2. The summed E-state index contributed by atoms with van der Waals surface area (Å²) >= 11 is 0. The van der Waals surface area contributed by atoms with Gasteiger partial charge in [-0.05, 0) is 37.0 Å². The summed E-state index contributed by atoms with van der Waals surface area (Å²) in [6, 6.07) is 7.31. The summed E-state index contributed by atoms with van der Waals surface area (Å²) in [5, 5.41) is 13.5. The van der Waals surface area contributed by atoms with Crippen LogP contribution in [0.15, 0.2) is 47.5 Å². The van der Waals surface area contributed by atoms with Gasteiger partial charge in [0.2, 0.25) is 5.91 Å². The van der Waals surface area contributed by atoms with Crippen molar-refractivity contribution in [1.82, 2.24) is 19.8 Å². The highest BCUT2D eigenvalue weighted by Gasteiger charge is 2.57. The van der Waals surface area contributed by atoms with Gasteiger partial charge in [-0.25, -0.2) is 0 Å². The predicted molar refractivity (Wildman–Crippen MR) is 121 cm³/mol. The number of pyridine rings is 2. The van der Waals surface area contributed by atoms with Gasteiger partial charge in [-0.2, -0.15) is 0 Å². The van der Waals surface area contributed by atoms with Crippen molar-refractivity contribution in [3.05, 3.63) is 64.3 Å². The molecule has 8 nitrogen and oxygen atoms in total. The van der Waals surface area contributed by atoms with Gasteiger partial charge in [0.1, 0.15) is 0 Å². The van der Waals surface area contributed by atoms with Gasteiger partial charge >= 0.3 is 0 Å². The Morgan fingerprint density at radius 2 is 1.94 bits per heavy atom. The molecule has 2 amide bonds. The van der Waals surface area contributed by atoms with Gasteiger partial charge in [0, 0.05) is 49.8 Å². The van der Waals surface area contributed by atoms with Crippen LogP contribution in [-0.2, 0) is 11.3 Å². The van der Waals surface area contributed by atoms with Gasteiger partial charge in [0.05, 0.1) is 23.6 Å². The van der Waals surface area contributed by atoms with E-state index in [0.29, 0.717) is 23.7 Å². The minimum Gasteiger partial charge on any atom is -0.396 e. The summed E-state index contributed by atoms with van der Waals surface area (Å²) in [6.07, 6.45) is 8.99. The molecule has 8 heteroatoms. The molecule has 2 bridgehead atoms. The molecule has 4 heterocycles. The fourth-order valence-electron chi connectivity index (χ4n) is 6.03. The third-order valence-electron chi connectivity index (χ3n) is 7.66. The summed E-state index contributed by atoms with van der Waals surface area (Å²) in [4.78, 5) is 45.5. The van der Waals surface area contributed by atoms with Crippen molar-refractivity contribution in [2.24, 2.45) is 17.8 Å². The van der Waals surface area contributed by atoms with Crippen molar-refractivity contribution < 1.29 is 14.7 Å². The van der Waals surface area contributed by atoms with Crippen molar-refractivity contribution in [2.75, 3.05) is 13.2 Å². The van der Waals surface area contributed by atoms with Crippen LogP contribution in [-0.4, -0.2) is 50.6 Å². The third-order valence-corrected chi connectivity index (χ3v) is 7.66. The molecule has 33 heavy (non-hydrogen) atoms. The van der Waals surface area contributed by atoms with Gasteiger partial charge in [-0.15, -0.1) is 0 Å². The molecular formula is C25H30N4O4. The number of rotatable bonds is 5. The van der Waals surface area contributed by atoms with Crippen molar-refractivity contribution in [3.63, 3.8) is 0 Å². The Morgan fingerprint density at radius 1 is 1.12 bits per heavy atom. The maximum absolute atomic E-state index is 13.6. The van der Waals surface area contributed by atoms with E-state index in [-0.39, 0.29) is 30.5 Å². The maximum Gasteiger partial charge on any atom is 0.256 e. The molecule has 0 aromatic carbocycles. The number of carbonyl (C=O) groups is 2. The number of aliphatic hydroxyl groups is 1. The highest BCUT2D eigenvalue weighted by atomic mass is 16.3. The average Bonchev–Trinajstić information content (AvgIpc) is 3.10. The number of fused-ring (bicyclic) bond motifs is 4. The Kier molecular flexibility index (Phi) is 6.01. The minimum absolute atomic E-state index is 0.152. The average molecular weight is 451 g/mol. The van der Waals surface area contributed by atoms with Crippen LogP contribution in [0.1, 0.15) is 54.2 Å². The Morgan fingerprint density at radius 3 is 2.67 bits per heavy atom. The molecule has 0 radical (unpaired) electrons. The van der Waals surface area contributed by atoms with E-state index in [9.17, 15) is 19.5 Å². The first-order chi connectivity index (χ1) is 16.1. The van der Waals surface area contributed by atoms with Crippen LogP contribution in [0.4, 0.5) is 0 Å². The fourth-order valence-corrected chi connectivity index (χ4v) is 6.03. The fraction of sp³-hybridized carbons (Fsp3) is 0.520. The number of carbonyl (C=O) groups excluding carboxylic acids is 2. The SMILES string of the molecule is O=C(NCC1CCCCC1)[C@@H]1[C@@H](CO)[C@@H]2Cn3c(cccc3=O)[C@H]1N2C(=O)c1cccnc1. The second kappa shape index (κ2) is 9.09. The topological polar surface area (TPSA) is 105 Å². The van der Waals surface area contributed by atoms with Crippen LogP contribution in [0.5, 0.6) is 0 Å². The van der Waals surface area contributed by atoms with Crippen LogP contribution in [0, 0.1) is 17.8 Å². The molecular weight excluding hydrogens is 420 g/mol. The molecule has 0 spiro atoms. The quantitative estimate of drug-likeness (QED) is 0.722. The van der Waals surface area contributed by atoms with Crippen LogP contribution < -0.4 is 10.9 Å². The standard InChI is InChI=1S/C25H30N4O4/c30-15-18-20-14-28-19(9-4-10-21(28)31)23(29(20)25(33)17-8-5-11-26-13-17)22(18)24(32)27-12-16-6-2-1-3-7-16/h4-5,8-11,13,16,18,20,22-23,30H,1-3,6-7,12,14-15H2,(H,27,32)/t18-,20-,22+,23+/m0/s1. The molecule has 1 aliphatic carbocycles. The Labute approximate surface area is 192 Å². The largest absolute Gasteiger partial charge is 0.396 e. The van der Waals surface area contributed by atoms with E-state index in [4.69, 9.17) is 0 Å². The summed E-state index contributed by atoms with van der Waals surface area (Å²) in [5.74, 6) is -0.998. The van der Waals surface area contributed by atoms with E-state index in [0.717, 1.165) is 12.8 Å². The lowest BCUT2D eigenvalue weighted by molar-refractivity contribution is -0.127. The Balaban J connectivity index is 1.50. The molecule has 2 N–H and O–H groups in total. The molecule has 2 aromatic rings. The van der Waals surface area contributed by atoms with Crippen LogP contribution in [0.2, 0.25) is 0 Å². The summed E-state index contributed by atoms with van der Waals surface area (Å²) in [7, 11) is 0. The molecule has 1 saturated heterocycles. The smallest absolute Gasteiger partial charge is 0.256 e. The molecule has 1 saturated carbocycles. The number of nitrogens with one attached hydrogen (secondary N) is 1. The van der Waals surface area contributed by atoms with E-state index >= 15 is 0 Å².